The van der Waals surface area contributed by atoms with Crippen LogP contribution in [0, 0.1) is 5.95 Å². The summed E-state index contributed by atoms with van der Waals surface area (Å²) in [6.45, 7) is 0. The Labute approximate surface area is 126 Å². The maximum Gasteiger partial charge on any atom is 0.434 e. The summed E-state index contributed by atoms with van der Waals surface area (Å²) in [5.41, 5.74) is -1.64. The van der Waals surface area contributed by atoms with Crippen molar-refractivity contribution in [2.24, 2.45) is 0 Å². The van der Waals surface area contributed by atoms with Gasteiger partial charge >= 0.3 is 6.18 Å². The first-order valence-electron chi connectivity index (χ1n) is 5.09. The molecule has 2 rings (SSSR count). The molecule has 0 saturated carbocycles. The van der Waals surface area contributed by atoms with Gasteiger partial charge in [-0.1, -0.05) is 34.8 Å². The summed E-state index contributed by atoms with van der Waals surface area (Å²) < 4.78 is 51.6. The van der Waals surface area contributed by atoms with Crippen LogP contribution in [0.2, 0.25) is 15.1 Å². The minimum Gasteiger partial charge on any atom is -0.215 e. The molecule has 1 aromatic heterocycles. The third-order valence-corrected chi connectivity index (χ3v) is 3.62. The molecule has 8 heteroatoms. The summed E-state index contributed by atoms with van der Waals surface area (Å²) in [7, 11) is 0. The van der Waals surface area contributed by atoms with Crippen LogP contribution >= 0.6 is 34.8 Å². The van der Waals surface area contributed by atoms with Crippen LogP contribution in [0.5, 0.6) is 0 Å². The standard InChI is InChI=1S/C12H4Cl3F4N/c13-7-3-5(4-8(14)10(7)15)6-1-2-9(16)20-11(6)12(17,18)19/h1-4H. The SMILES string of the molecule is Fc1ccc(-c2cc(Cl)c(Cl)c(Cl)c2)c(C(F)(F)F)n1. The zero-order chi connectivity index (χ0) is 15.1. The van der Waals surface area contributed by atoms with Gasteiger partial charge in [0.15, 0.2) is 5.69 Å². The van der Waals surface area contributed by atoms with E-state index < -0.39 is 17.8 Å². The predicted molar refractivity (Wildman–Crippen MR) is 69.7 cm³/mol. The number of hydrogen-bond donors (Lipinski definition) is 0. The van der Waals surface area contributed by atoms with Gasteiger partial charge in [0, 0.05) is 5.56 Å². The Morgan fingerprint density at radius 2 is 1.50 bits per heavy atom. The molecule has 0 bridgehead atoms. The van der Waals surface area contributed by atoms with Gasteiger partial charge in [-0.15, -0.1) is 0 Å². The van der Waals surface area contributed by atoms with Crippen LogP contribution in [-0.2, 0) is 6.18 Å². The Kier molecular flexibility index (Phi) is 4.14. The molecule has 0 N–H and O–H groups in total. The highest BCUT2D eigenvalue weighted by atomic mass is 35.5. The van der Waals surface area contributed by atoms with E-state index in [4.69, 9.17) is 34.8 Å². The van der Waals surface area contributed by atoms with Crippen LogP contribution < -0.4 is 0 Å². The minimum absolute atomic E-state index is 0.00776. The molecule has 0 spiro atoms. The number of hydrogen-bond acceptors (Lipinski definition) is 1. The molecule has 1 heterocycles. The first-order valence-corrected chi connectivity index (χ1v) is 6.22. The first-order chi connectivity index (χ1) is 9.20. The highest BCUT2D eigenvalue weighted by Gasteiger charge is 2.36. The second-order valence-electron chi connectivity index (χ2n) is 3.78. The quantitative estimate of drug-likeness (QED) is 0.358. The molecule has 1 nitrogen and oxygen atoms in total. The fourth-order valence-electron chi connectivity index (χ4n) is 1.60. The molecule has 2 aromatic rings. The van der Waals surface area contributed by atoms with Gasteiger partial charge < -0.3 is 0 Å². The molecule has 1 aromatic carbocycles. The second-order valence-corrected chi connectivity index (χ2v) is 4.97. The molecular weight excluding hydrogens is 340 g/mol. The van der Waals surface area contributed by atoms with Crippen molar-refractivity contribution in [1.29, 1.82) is 0 Å². The molecule has 20 heavy (non-hydrogen) atoms. The summed E-state index contributed by atoms with van der Waals surface area (Å²) >= 11 is 17.3. The van der Waals surface area contributed by atoms with E-state index in [9.17, 15) is 17.6 Å². The first kappa shape index (κ1) is 15.4. The monoisotopic (exact) mass is 343 g/mol. The van der Waals surface area contributed by atoms with Gasteiger partial charge in [-0.3, -0.25) is 0 Å². The molecule has 0 aliphatic carbocycles. The van der Waals surface area contributed by atoms with E-state index >= 15 is 0 Å². The van der Waals surface area contributed by atoms with Crippen molar-refractivity contribution in [3.05, 3.63) is 51.0 Å². The highest BCUT2D eigenvalue weighted by Crippen LogP contribution is 2.39. The Bertz CT molecular complexity index is 647. The average molecular weight is 345 g/mol. The Morgan fingerprint density at radius 3 is 2.00 bits per heavy atom. The smallest absolute Gasteiger partial charge is 0.215 e. The number of nitrogens with zero attached hydrogens (tertiary/aromatic N) is 1. The van der Waals surface area contributed by atoms with Gasteiger partial charge in [0.05, 0.1) is 15.1 Å². The molecule has 0 atom stereocenters. The van der Waals surface area contributed by atoms with Crippen molar-refractivity contribution in [3.63, 3.8) is 0 Å². The highest BCUT2D eigenvalue weighted by molar-refractivity contribution is 6.48. The zero-order valence-corrected chi connectivity index (χ0v) is 11.7. The van der Waals surface area contributed by atoms with E-state index in [1.54, 1.807) is 0 Å². The van der Waals surface area contributed by atoms with Crippen LogP contribution in [0.1, 0.15) is 5.69 Å². The largest absolute Gasteiger partial charge is 0.434 e. The third kappa shape index (κ3) is 3.00. The van der Waals surface area contributed by atoms with Crippen LogP contribution in [0.4, 0.5) is 17.6 Å². The topological polar surface area (TPSA) is 12.9 Å². The molecule has 106 valence electrons. The summed E-state index contributed by atoms with van der Waals surface area (Å²) in [6.07, 6.45) is -4.81. The van der Waals surface area contributed by atoms with Gasteiger partial charge in [0.1, 0.15) is 0 Å². The Morgan fingerprint density at radius 1 is 0.950 bits per heavy atom. The third-order valence-electron chi connectivity index (χ3n) is 2.42. The second kappa shape index (κ2) is 5.39. The van der Waals surface area contributed by atoms with Crippen molar-refractivity contribution >= 4 is 34.8 Å². The van der Waals surface area contributed by atoms with E-state index in [0.29, 0.717) is 0 Å². The van der Waals surface area contributed by atoms with Crippen LogP contribution in [0.3, 0.4) is 0 Å². The normalized spacial score (nSPS) is 11.8. The van der Waals surface area contributed by atoms with E-state index in [0.717, 1.165) is 12.1 Å². The molecule has 0 aliphatic rings. The fraction of sp³-hybridized carbons (Fsp3) is 0.0833. The number of rotatable bonds is 1. The predicted octanol–water partition coefficient (Wildman–Crippen LogP) is 5.87. The number of aromatic nitrogens is 1. The number of alkyl halides is 3. The molecule has 0 amide bonds. The van der Waals surface area contributed by atoms with Crippen LogP contribution in [0.25, 0.3) is 11.1 Å². The van der Waals surface area contributed by atoms with Crippen LogP contribution in [-0.4, -0.2) is 4.98 Å². The van der Waals surface area contributed by atoms with Crippen molar-refractivity contribution in [1.82, 2.24) is 4.98 Å². The lowest BCUT2D eigenvalue weighted by Crippen LogP contribution is -2.11. The summed E-state index contributed by atoms with van der Waals surface area (Å²) in [5.74, 6) is -1.23. The van der Waals surface area contributed by atoms with Gasteiger partial charge in [-0.25, -0.2) is 4.98 Å². The molecule has 0 fully saturated rings. The molecular formula is C12H4Cl3F4N. The maximum absolute atomic E-state index is 12.9. The zero-order valence-electron chi connectivity index (χ0n) is 9.40. The van der Waals surface area contributed by atoms with E-state index in [1.165, 1.54) is 12.1 Å². The van der Waals surface area contributed by atoms with Crippen LogP contribution in [0.15, 0.2) is 24.3 Å². The molecule has 0 aliphatic heterocycles. The molecule has 0 unspecified atom stereocenters. The molecule has 0 saturated heterocycles. The van der Waals surface area contributed by atoms with Gasteiger partial charge in [0.2, 0.25) is 5.95 Å². The van der Waals surface area contributed by atoms with Gasteiger partial charge in [0.25, 0.3) is 0 Å². The molecule has 0 radical (unpaired) electrons. The summed E-state index contributed by atoms with van der Waals surface area (Å²) in [5, 5.41) is 0.0129. The minimum atomic E-state index is -4.81. The van der Waals surface area contributed by atoms with E-state index in [1.807, 2.05) is 0 Å². The van der Waals surface area contributed by atoms with E-state index in [-0.39, 0.29) is 26.2 Å². The number of halogens is 7. The fourth-order valence-corrected chi connectivity index (χ4v) is 2.19. The maximum atomic E-state index is 12.9. The number of benzene rings is 1. The van der Waals surface area contributed by atoms with E-state index in [2.05, 4.69) is 4.98 Å². The Hall–Kier alpha value is -1.04. The van der Waals surface area contributed by atoms with Crippen molar-refractivity contribution < 1.29 is 17.6 Å². The van der Waals surface area contributed by atoms with Crippen molar-refractivity contribution in [3.8, 4) is 11.1 Å². The van der Waals surface area contributed by atoms with Crippen molar-refractivity contribution in [2.45, 2.75) is 6.18 Å². The lowest BCUT2D eigenvalue weighted by atomic mass is 10.0. The van der Waals surface area contributed by atoms with Crippen molar-refractivity contribution in [2.75, 3.05) is 0 Å². The summed E-state index contributed by atoms with van der Waals surface area (Å²) in [6, 6.07) is 4.20. The number of pyridine rings is 1. The van der Waals surface area contributed by atoms with Gasteiger partial charge in [-0.2, -0.15) is 17.6 Å². The summed E-state index contributed by atoms with van der Waals surface area (Å²) in [4.78, 5) is 2.89. The Balaban J connectivity index is 2.70. The lowest BCUT2D eigenvalue weighted by molar-refractivity contribution is -0.141. The van der Waals surface area contributed by atoms with Gasteiger partial charge in [-0.05, 0) is 29.8 Å². The lowest BCUT2D eigenvalue weighted by Gasteiger charge is -2.13. The average Bonchev–Trinajstić information content (AvgIpc) is 2.34.